The second-order valence-corrected chi connectivity index (χ2v) is 8.25. The molecular weight excluding hydrogens is 395 g/mol. The van der Waals surface area contributed by atoms with Crippen molar-refractivity contribution in [1.82, 2.24) is 5.32 Å². The third kappa shape index (κ3) is 3.86. The number of halogens is 2. The summed E-state index contributed by atoms with van der Waals surface area (Å²) >= 11 is 5.75. The molecule has 1 N–H and O–H groups in total. The molecule has 9 heteroatoms. The summed E-state index contributed by atoms with van der Waals surface area (Å²) in [6.45, 7) is 2.16. The zero-order chi connectivity index (χ0) is 19.6. The van der Waals surface area contributed by atoms with Gasteiger partial charge >= 0.3 is 0 Å². The lowest BCUT2D eigenvalue weighted by atomic mass is 10.2. The molecular formula is C18H18ClFN2O4S. The van der Waals surface area contributed by atoms with Gasteiger partial charge in [0.2, 0.25) is 0 Å². The van der Waals surface area contributed by atoms with E-state index < -0.39 is 27.9 Å². The third-order valence-electron chi connectivity index (χ3n) is 4.06. The lowest BCUT2D eigenvalue weighted by molar-refractivity contribution is -0.127. The van der Waals surface area contributed by atoms with E-state index in [4.69, 9.17) is 16.3 Å². The molecule has 0 aromatic heterocycles. The minimum Gasteiger partial charge on any atom is -0.476 e. The molecule has 2 aromatic carbocycles. The fourth-order valence-corrected chi connectivity index (χ4v) is 4.44. The summed E-state index contributed by atoms with van der Waals surface area (Å²) in [4.78, 5) is 12.2. The van der Waals surface area contributed by atoms with Crippen LogP contribution in [0.2, 0.25) is 5.02 Å². The first kappa shape index (κ1) is 19.4. The van der Waals surface area contributed by atoms with Crippen molar-refractivity contribution >= 4 is 33.2 Å². The van der Waals surface area contributed by atoms with Crippen LogP contribution in [-0.4, -0.2) is 33.5 Å². The SMILES string of the molecule is CCCNC(=O)[C@@H]1CN(S(=O)(=O)c2ccc(F)c(Cl)c2)c2ccccc2O1. The zero-order valence-electron chi connectivity index (χ0n) is 14.5. The lowest BCUT2D eigenvalue weighted by Crippen LogP contribution is -2.50. The van der Waals surface area contributed by atoms with Gasteiger partial charge < -0.3 is 10.1 Å². The molecule has 0 spiro atoms. The summed E-state index contributed by atoms with van der Waals surface area (Å²) in [7, 11) is -4.08. The van der Waals surface area contributed by atoms with Gasteiger partial charge in [-0.05, 0) is 36.8 Å². The summed E-state index contributed by atoms with van der Waals surface area (Å²) in [5.74, 6) is -0.837. The number of nitrogens with zero attached hydrogens (tertiary/aromatic N) is 1. The quantitative estimate of drug-likeness (QED) is 0.819. The smallest absolute Gasteiger partial charge is 0.264 e. The number of amides is 1. The van der Waals surface area contributed by atoms with E-state index in [9.17, 15) is 17.6 Å². The van der Waals surface area contributed by atoms with Gasteiger partial charge in [0.25, 0.3) is 15.9 Å². The van der Waals surface area contributed by atoms with Gasteiger partial charge in [-0.2, -0.15) is 0 Å². The van der Waals surface area contributed by atoms with Gasteiger partial charge in [0, 0.05) is 6.54 Å². The van der Waals surface area contributed by atoms with Crippen molar-refractivity contribution in [1.29, 1.82) is 0 Å². The molecule has 0 saturated heterocycles. The van der Waals surface area contributed by atoms with Crippen molar-refractivity contribution in [2.75, 3.05) is 17.4 Å². The normalized spacial score (nSPS) is 16.4. The second-order valence-electron chi connectivity index (χ2n) is 5.98. The number of nitrogens with one attached hydrogen (secondary N) is 1. The van der Waals surface area contributed by atoms with Crippen molar-refractivity contribution in [3.8, 4) is 5.75 Å². The van der Waals surface area contributed by atoms with Gasteiger partial charge in [0.05, 0.1) is 22.2 Å². The van der Waals surface area contributed by atoms with Crippen LogP contribution < -0.4 is 14.4 Å². The lowest BCUT2D eigenvalue weighted by Gasteiger charge is -2.34. The van der Waals surface area contributed by atoms with Crippen LogP contribution in [0.4, 0.5) is 10.1 Å². The minimum absolute atomic E-state index is 0.168. The number of hydrogen-bond acceptors (Lipinski definition) is 4. The first-order valence-corrected chi connectivity index (χ1v) is 10.2. The Balaban J connectivity index is 2.01. The van der Waals surface area contributed by atoms with Crippen molar-refractivity contribution < 1.29 is 22.3 Å². The van der Waals surface area contributed by atoms with Crippen LogP contribution in [0.5, 0.6) is 5.75 Å². The molecule has 3 rings (SSSR count). The predicted molar refractivity (Wildman–Crippen MR) is 100 cm³/mol. The number of anilines is 1. The number of rotatable bonds is 5. The molecule has 0 unspecified atom stereocenters. The molecule has 1 aliphatic rings. The molecule has 0 bridgehead atoms. The molecule has 1 aliphatic heterocycles. The Kier molecular flexibility index (Phi) is 5.57. The van der Waals surface area contributed by atoms with E-state index in [-0.39, 0.29) is 22.2 Å². The average molecular weight is 413 g/mol. The van der Waals surface area contributed by atoms with E-state index in [1.165, 1.54) is 0 Å². The summed E-state index contributed by atoms with van der Waals surface area (Å²) in [5.41, 5.74) is 0.303. The largest absolute Gasteiger partial charge is 0.476 e. The Bertz CT molecular complexity index is 968. The number of ether oxygens (including phenoxy) is 1. The van der Waals surface area contributed by atoms with Crippen LogP contribution in [0, 0.1) is 5.82 Å². The van der Waals surface area contributed by atoms with Crippen molar-refractivity contribution in [3.05, 3.63) is 53.3 Å². The van der Waals surface area contributed by atoms with Gasteiger partial charge in [-0.25, -0.2) is 12.8 Å². The molecule has 0 aliphatic carbocycles. The van der Waals surface area contributed by atoms with E-state index in [1.54, 1.807) is 24.3 Å². The number of carbonyl (C=O) groups is 1. The summed E-state index contributed by atoms with van der Waals surface area (Å²) in [6.07, 6.45) is -0.261. The Morgan fingerprint density at radius 2 is 2.07 bits per heavy atom. The molecule has 1 heterocycles. The fraction of sp³-hybridized carbons (Fsp3) is 0.278. The Labute approximate surface area is 161 Å². The number of sulfonamides is 1. The monoisotopic (exact) mass is 412 g/mol. The van der Waals surface area contributed by atoms with Crippen molar-refractivity contribution in [3.63, 3.8) is 0 Å². The molecule has 1 atom stereocenters. The maximum atomic E-state index is 13.4. The number of hydrogen-bond donors (Lipinski definition) is 1. The molecule has 144 valence electrons. The second kappa shape index (κ2) is 7.74. The summed E-state index contributed by atoms with van der Waals surface area (Å²) in [6, 6.07) is 9.71. The maximum Gasteiger partial charge on any atom is 0.264 e. The van der Waals surface area contributed by atoms with Crippen LogP contribution in [-0.2, 0) is 14.8 Å². The zero-order valence-corrected chi connectivity index (χ0v) is 16.1. The van der Waals surface area contributed by atoms with Crippen molar-refractivity contribution in [2.24, 2.45) is 0 Å². The van der Waals surface area contributed by atoms with Gasteiger partial charge in [-0.15, -0.1) is 0 Å². The highest BCUT2D eigenvalue weighted by molar-refractivity contribution is 7.92. The van der Waals surface area contributed by atoms with E-state index in [0.717, 1.165) is 28.9 Å². The highest BCUT2D eigenvalue weighted by atomic mass is 35.5. The topological polar surface area (TPSA) is 75.7 Å². The fourth-order valence-electron chi connectivity index (χ4n) is 2.69. The van der Waals surface area contributed by atoms with E-state index in [1.807, 2.05) is 6.92 Å². The van der Waals surface area contributed by atoms with E-state index in [0.29, 0.717) is 12.2 Å². The van der Waals surface area contributed by atoms with E-state index in [2.05, 4.69) is 5.32 Å². The van der Waals surface area contributed by atoms with Crippen LogP contribution in [0.25, 0.3) is 0 Å². The molecule has 27 heavy (non-hydrogen) atoms. The standard InChI is InChI=1S/C18H18ClFN2O4S/c1-2-9-21-18(23)17-11-22(15-5-3-4-6-16(15)26-17)27(24,25)12-7-8-14(20)13(19)10-12/h3-8,10,17H,2,9,11H2,1H3,(H,21,23)/t17-/m0/s1. The van der Waals surface area contributed by atoms with Crippen LogP contribution in [0.1, 0.15) is 13.3 Å². The predicted octanol–water partition coefficient (Wildman–Crippen LogP) is 2.96. The molecule has 0 fully saturated rings. The van der Waals surface area contributed by atoms with Crippen molar-refractivity contribution in [2.45, 2.75) is 24.3 Å². The Morgan fingerprint density at radius 1 is 1.33 bits per heavy atom. The molecule has 1 amide bonds. The molecule has 2 aromatic rings. The average Bonchev–Trinajstić information content (AvgIpc) is 2.67. The third-order valence-corrected chi connectivity index (χ3v) is 6.12. The summed E-state index contributed by atoms with van der Waals surface area (Å²) < 4.78 is 46.5. The van der Waals surface area contributed by atoms with Gasteiger partial charge in [0.15, 0.2) is 6.10 Å². The maximum absolute atomic E-state index is 13.4. The Morgan fingerprint density at radius 3 is 2.78 bits per heavy atom. The molecule has 0 radical (unpaired) electrons. The van der Waals surface area contributed by atoms with Gasteiger partial charge in [0.1, 0.15) is 11.6 Å². The Hall–Kier alpha value is -2.32. The van der Waals surface area contributed by atoms with Crippen LogP contribution >= 0.6 is 11.6 Å². The van der Waals surface area contributed by atoms with Gasteiger partial charge in [-0.1, -0.05) is 30.7 Å². The minimum atomic E-state index is -4.08. The number of carbonyl (C=O) groups excluding carboxylic acids is 1. The molecule has 0 saturated carbocycles. The number of para-hydroxylation sites is 2. The first-order valence-electron chi connectivity index (χ1n) is 8.35. The van der Waals surface area contributed by atoms with Gasteiger partial charge in [-0.3, -0.25) is 9.10 Å². The number of fused-ring (bicyclic) bond motifs is 1. The van der Waals surface area contributed by atoms with E-state index >= 15 is 0 Å². The first-order chi connectivity index (χ1) is 12.8. The highest BCUT2D eigenvalue weighted by Crippen LogP contribution is 2.37. The molecule has 6 nitrogen and oxygen atoms in total. The van der Waals surface area contributed by atoms with Crippen LogP contribution in [0.3, 0.4) is 0 Å². The number of benzene rings is 2. The highest BCUT2D eigenvalue weighted by Gasteiger charge is 2.37. The van der Waals surface area contributed by atoms with Crippen LogP contribution in [0.15, 0.2) is 47.4 Å². The summed E-state index contributed by atoms with van der Waals surface area (Å²) in [5, 5.41) is 2.41.